The van der Waals surface area contributed by atoms with Crippen LogP contribution in [0.15, 0.2) is 97.1 Å². The van der Waals surface area contributed by atoms with Crippen molar-refractivity contribution in [3.8, 4) is 5.75 Å². The first-order valence-electron chi connectivity index (χ1n) is 13.2. The van der Waals surface area contributed by atoms with Gasteiger partial charge in [-0.15, -0.1) is 0 Å². The number of carbonyl (C=O) groups excluding carboxylic acids is 1. The van der Waals surface area contributed by atoms with Crippen LogP contribution < -0.4 is 14.4 Å². The van der Waals surface area contributed by atoms with Gasteiger partial charge in [0.1, 0.15) is 5.75 Å². The van der Waals surface area contributed by atoms with Gasteiger partial charge in [0.15, 0.2) is 0 Å². The van der Waals surface area contributed by atoms with Crippen LogP contribution in [-0.4, -0.2) is 68.8 Å². The van der Waals surface area contributed by atoms with Gasteiger partial charge in [0.25, 0.3) is 0 Å². The summed E-state index contributed by atoms with van der Waals surface area (Å²) in [7, 11) is 1.63. The predicted octanol–water partition coefficient (Wildman–Crippen LogP) is 5.45. The number of ether oxygens (including phenoxy) is 1. The van der Waals surface area contributed by atoms with Crippen molar-refractivity contribution in [2.45, 2.75) is 12.3 Å². The largest absolute Gasteiger partial charge is 0.497 e. The van der Waals surface area contributed by atoms with Crippen molar-refractivity contribution in [2.24, 2.45) is 0 Å². The normalized spacial score (nSPS) is 13.8. The first kappa shape index (κ1) is 27.8. The van der Waals surface area contributed by atoms with Crippen molar-refractivity contribution in [1.82, 2.24) is 15.1 Å². The second kappa shape index (κ2) is 14.0. The topological polar surface area (TPSA) is 48.0 Å². The third-order valence-corrected chi connectivity index (χ3v) is 7.33. The van der Waals surface area contributed by atoms with Gasteiger partial charge < -0.3 is 15.0 Å². The van der Waals surface area contributed by atoms with Crippen molar-refractivity contribution >= 4 is 24.5 Å². The summed E-state index contributed by atoms with van der Waals surface area (Å²) in [6.07, 6.45) is 0.783. The molecule has 1 fully saturated rings. The molecular formula is C31H38N4O2S. The summed E-state index contributed by atoms with van der Waals surface area (Å²) in [6, 6.07) is 28.2. The average Bonchev–Trinajstić information content (AvgIpc) is 2.97. The highest BCUT2D eigenvalue weighted by Gasteiger charge is 2.24. The third-order valence-electron chi connectivity index (χ3n) is 6.93. The van der Waals surface area contributed by atoms with Gasteiger partial charge in [0, 0.05) is 51.7 Å². The fourth-order valence-corrected chi connectivity index (χ4v) is 5.16. The fraction of sp³-hybridized carbons (Fsp3) is 0.323. The minimum absolute atomic E-state index is 0.167. The lowest BCUT2D eigenvalue weighted by Gasteiger charge is -2.32. The van der Waals surface area contributed by atoms with Crippen LogP contribution in [0.1, 0.15) is 23.5 Å². The number of hydrogen-bond donors (Lipinski definition) is 2. The average molecular weight is 531 g/mol. The number of rotatable bonds is 11. The van der Waals surface area contributed by atoms with Gasteiger partial charge in [-0.25, -0.2) is 9.10 Å². The molecule has 3 aromatic rings. The smallest absolute Gasteiger partial charge is 0.334 e. The maximum atomic E-state index is 13.8. The lowest BCUT2D eigenvalue weighted by atomic mass is 9.88. The van der Waals surface area contributed by atoms with Crippen molar-refractivity contribution in [3.63, 3.8) is 0 Å². The van der Waals surface area contributed by atoms with Crippen molar-refractivity contribution in [2.75, 3.05) is 57.2 Å². The molecule has 1 aliphatic rings. The highest BCUT2D eigenvalue weighted by Crippen LogP contribution is 2.29. The van der Waals surface area contributed by atoms with E-state index < -0.39 is 0 Å². The SMILES string of the molecule is C=C(CN1CCNCC1)CN(CCC(c1ccccc1)c1ccccc1)C(=O)N(S)c1ccc(OC)cc1. The number of urea groups is 1. The molecule has 7 heteroatoms. The van der Waals surface area contributed by atoms with Crippen LogP contribution in [-0.2, 0) is 0 Å². The number of thiol groups is 1. The zero-order valence-corrected chi connectivity index (χ0v) is 23.0. The summed E-state index contributed by atoms with van der Waals surface area (Å²) < 4.78 is 6.69. The molecular weight excluding hydrogens is 492 g/mol. The predicted molar refractivity (Wildman–Crippen MR) is 159 cm³/mol. The summed E-state index contributed by atoms with van der Waals surface area (Å²) >= 11 is 4.61. The van der Waals surface area contributed by atoms with E-state index in [9.17, 15) is 4.79 Å². The maximum absolute atomic E-state index is 13.8. The molecule has 0 spiro atoms. The number of nitrogens with one attached hydrogen (secondary N) is 1. The van der Waals surface area contributed by atoms with Crippen LogP contribution in [0.5, 0.6) is 5.75 Å². The summed E-state index contributed by atoms with van der Waals surface area (Å²) in [5, 5.41) is 3.39. The monoisotopic (exact) mass is 530 g/mol. The fourth-order valence-electron chi connectivity index (χ4n) is 4.90. The van der Waals surface area contributed by atoms with E-state index in [2.05, 4.69) is 78.1 Å². The number of nitrogens with zero attached hydrogens (tertiary/aromatic N) is 3. The van der Waals surface area contributed by atoms with Gasteiger partial charge in [-0.3, -0.25) is 4.90 Å². The lowest BCUT2D eigenvalue weighted by Crippen LogP contribution is -2.46. The molecule has 1 aliphatic heterocycles. The van der Waals surface area contributed by atoms with E-state index in [1.54, 1.807) is 7.11 Å². The second-order valence-corrected chi connectivity index (χ2v) is 10.1. The molecule has 0 bridgehead atoms. The molecule has 3 aromatic carbocycles. The van der Waals surface area contributed by atoms with Crippen LogP contribution in [0.3, 0.4) is 0 Å². The van der Waals surface area contributed by atoms with Gasteiger partial charge in [-0.2, -0.15) is 0 Å². The van der Waals surface area contributed by atoms with E-state index in [4.69, 9.17) is 4.74 Å². The Morgan fingerprint density at radius 2 is 1.55 bits per heavy atom. The van der Waals surface area contributed by atoms with Crippen molar-refractivity contribution < 1.29 is 9.53 Å². The summed E-state index contributed by atoms with van der Waals surface area (Å²) in [5.74, 6) is 0.904. The lowest BCUT2D eigenvalue weighted by molar-refractivity contribution is 0.208. The summed E-state index contributed by atoms with van der Waals surface area (Å²) in [5.41, 5.74) is 4.19. The van der Waals surface area contributed by atoms with E-state index in [1.165, 1.54) is 15.4 Å². The number of hydrogen-bond acceptors (Lipinski definition) is 5. The Kier molecular flexibility index (Phi) is 10.3. The molecule has 1 saturated heterocycles. The molecule has 200 valence electrons. The summed E-state index contributed by atoms with van der Waals surface area (Å²) in [4.78, 5) is 18.1. The van der Waals surface area contributed by atoms with E-state index in [1.807, 2.05) is 41.3 Å². The van der Waals surface area contributed by atoms with Gasteiger partial charge in [-0.1, -0.05) is 80.1 Å². The highest BCUT2D eigenvalue weighted by molar-refractivity contribution is 7.82. The number of anilines is 1. The van der Waals surface area contributed by atoms with Crippen molar-refractivity contribution in [3.05, 3.63) is 108 Å². The molecule has 0 saturated carbocycles. The standard InChI is InChI=1S/C31H38N4O2S/c1-25(23-33-21-18-32-19-22-33)24-34(31(36)35(38)28-13-15-29(37-2)16-14-28)20-17-30(26-9-5-3-6-10-26)27-11-7-4-8-12-27/h3-16,30,32,38H,1,17-24H2,2H3. The molecule has 1 heterocycles. The minimum atomic E-state index is -0.167. The molecule has 0 aliphatic carbocycles. The van der Waals surface area contributed by atoms with Crippen LogP contribution in [0, 0.1) is 0 Å². The molecule has 0 atom stereocenters. The highest BCUT2D eigenvalue weighted by atomic mass is 32.1. The Bertz CT molecular complexity index is 1110. The first-order valence-corrected chi connectivity index (χ1v) is 13.6. The number of amides is 2. The number of benzene rings is 3. The maximum Gasteiger partial charge on any atom is 0.334 e. The third kappa shape index (κ3) is 7.63. The molecule has 4 rings (SSSR count). The summed E-state index contributed by atoms with van der Waals surface area (Å²) in [6.45, 7) is 10.1. The van der Waals surface area contributed by atoms with Gasteiger partial charge in [0.05, 0.1) is 12.8 Å². The van der Waals surface area contributed by atoms with Gasteiger partial charge in [-0.05, 0) is 47.4 Å². The second-order valence-electron chi connectivity index (χ2n) is 9.65. The molecule has 0 unspecified atom stereocenters. The van der Waals surface area contributed by atoms with Gasteiger partial charge >= 0.3 is 6.03 Å². The van der Waals surface area contributed by atoms with E-state index in [-0.39, 0.29) is 11.9 Å². The van der Waals surface area contributed by atoms with Crippen molar-refractivity contribution in [1.29, 1.82) is 0 Å². The molecule has 0 radical (unpaired) electrons. The molecule has 6 nitrogen and oxygen atoms in total. The van der Waals surface area contributed by atoms with E-state index in [0.717, 1.165) is 50.5 Å². The number of piperazine rings is 1. The minimum Gasteiger partial charge on any atom is -0.497 e. The van der Waals surface area contributed by atoms with Crippen LogP contribution in [0.2, 0.25) is 0 Å². The Morgan fingerprint density at radius 3 is 2.11 bits per heavy atom. The van der Waals surface area contributed by atoms with E-state index in [0.29, 0.717) is 18.8 Å². The van der Waals surface area contributed by atoms with E-state index >= 15 is 0 Å². The quantitative estimate of drug-likeness (QED) is 0.256. The van der Waals surface area contributed by atoms with Gasteiger partial charge in [0.2, 0.25) is 0 Å². The zero-order valence-electron chi connectivity index (χ0n) is 22.1. The Hall–Kier alpha value is -3.26. The molecule has 38 heavy (non-hydrogen) atoms. The van der Waals surface area contributed by atoms with Crippen LogP contribution >= 0.6 is 12.8 Å². The molecule has 0 aromatic heterocycles. The van der Waals surface area contributed by atoms with Crippen LogP contribution in [0.25, 0.3) is 0 Å². The Balaban J connectivity index is 1.53. The first-order chi connectivity index (χ1) is 18.5. The Labute approximate surface area is 232 Å². The molecule has 1 N–H and O–H groups in total. The number of methoxy groups -OCH3 is 1. The van der Waals surface area contributed by atoms with Crippen LogP contribution in [0.4, 0.5) is 10.5 Å². The Morgan fingerprint density at radius 1 is 0.974 bits per heavy atom. The zero-order chi connectivity index (χ0) is 26.7. The number of carbonyl (C=O) groups is 1. The molecule has 2 amide bonds.